The van der Waals surface area contributed by atoms with Gasteiger partial charge in [-0.05, 0) is 24.6 Å². The molecule has 0 aromatic heterocycles. The lowest BCUT2D eigenvalue weighted by atomic mass is 10.1. The number of hydrogen-bond acceptors (Lipinski definition) is 1. The predicted octanol–water partition coefficient (Wildman–Crippen LogP) is 3.08. The molecule has 1 rings (SSSR count). The molecule has 0 saturated heterocycles. The van der Waals surface area contributed by atoms with Crippen LogP contribution in [0.3, 0.4) is 0 Å². The molecule has 1 nitrogen and oxygen atoms in total. The fourth-order valence-electron chi connectivity index (χ4n) is 1.19. The summed E-state index contributed by atoms with van der Waals surface area (Å²) in [6, 6.07) is 4.32. The third-order valence-corrected chi connectivity index (χ3v) is 2.04. The van der Waals surface area contributed by atoms with Crippen molar-refractivity contribution >= 4 is 5.69 Å². The van der Waals surface area contributed by atoms with E-state index < -0.39 is 11.7 Å². The predicted molar refractivity (Wildman–Crippen MR) is 50.5 cm³/mol. The van der Waals surface area contributed by atoms with Gasteiger partial charge in [-0.25, -0.2) is 0 Å². The van der Waals surface area contributed by atoms with E-state index in [0.29, 0.717) is 5.69 Å². The van der Waals surface area contributed by atoms with Crippen molar-refractivity contribution in [1.82, 2.24) is 0 Å². The lowest BCUT2D eigenvalue weighted by Gasteiger charge is -2.16. The quantitative estimate of drug-likeness (QED) is 0.678. The summed E-state index contributed by atoms with van der Waals surface area (Å²) in [5, 5.41) is 0. The molecule has 0 bridgehead atoms. The summed E-state index contributed by atoms with van der Waals surface area (Å²) in [4.78, 5) is 1.65. The molecule has 0 aliphatic carbocycles. The van der Waals surface area contributed by atoms with E-state index in [-0.39, 0.29) is 5.56 Å². The summed E-state index contributed by atoms with van der Waals surface area (Å²) in [5.41, 5.74) is 0.245. The SMILES string of the molecule is Cc1ccc(N(C)C)cc1C(F)(F)F. The van der Waals surface area contributed by atoms with Crippen LogP contribution in [0.1, 0.15) is 11.1 Å². The number of anilines is 1. The van der Waals surface area contributed by atoms with Crippen molar-refractivity contribution in [2.45, 2.75) is 13.1 Å². The summed E-state index contributed by atoms with van der Waals surface area (Å²) < 4.78 is 37.4. The number of hydrogen-bond donors (Lipinski definition) is 0. The van der Waals surface area contributed by atoms with Crippen molar-refractivity contribution in [2.75, 3.05) is 19.0 Å². The summed E-state index contributed by atoms with van der Waals surface area (Å²) >= 11 is 0. The number of aryl methyl sites for hydroxylation is 1. The van der Waals surface area contributed by atoms with Gasteiger partial charge in [-0.3, -0.25) is 0 Å². The van der Waals surface area contributed by atoms with Crippen LogP contribution in [0.2, 0.25) is 0 Å². The molecule has 0 heterocycles. The second-order valence-corrected chi connectivity index (χ2v) is 3.39. The highest BCUT2D eigenvalue weighted by atomic mass is 19.4. The van der Waals surface area contributed by atoms with Crippen LogP contribution in [0.25, 0.3) is 0 Å². The van der Waals surface area contributed by atoms with Gasteiger partial charge in [0.2, 0.25) is 0 Å². The van der Waals surface area contributed by atoms with E-state index in [1.54, 1.807) is 25.1 Å². The summed E-state index contributed by atoms with van der Waals surface area (Å²) in [6.45, 7) is 1.46. The second-order valence-electron chi connectivity index (χ2n) is 3.39. The van der Waals surface area contributed by atoms with Gasteiger partial charge < -0.3 is 4.90 Å². The highest BCUT2D eigenvalue weighted by Crippen LogP contribution is 2.33. The molecule has 0 spiro atoms. The van der Waals surface area contributed by atoms with Crippen LogP contribution in [-0.2, 0) is 6.18 Å². The Morgan fingerprint density at radius 3 is 2.14 bits per heavy atom. The van der Waals surface area contributed by atoms with Crippen molar-refractivity contribution in [3.63, 3.8) is 0 Å². The van der Waals surface area contributed by atoms with E-state index in [0.717, 1.165) is 6.07 Å². The minimum Gasteiger partial charge on any atom is -0.378 e. The Labute approximate surface area is 81.1 Å². The molecule has 0 fully saturated rings. The highest BCUT2D eigenvalue weighted by Gasteiger charge is 2.32. The van der Waals surface area contributed by atoms with Crippen LogP contribution >= 0.6 is 0 Å². The van der Waals surface area contributed by atoms with Crippen LogP contribution < -0.4 is 4.90 Å². The van der Waals surface area contributed by atoms with Crippen molar-refractivity contribution in [2.24, 2.45) is 0 Å². The number of nitrogens with zero attached hydrogens (tertiary/aromatic N) is 1. The van der Waals surface area contributed by atoms with Crippen molar-refractivity contribution < 1.29 is 13.2 Å². The molecule has 1 aromatic carbocycles. The first-order valence-corrected chi connectivity index (χ1v) is 4.17. The van der Waals surface area contributed by atoms with Crippen LogP contribution in [0.15, 0.2) is 18.2 Å². The normalized spacial score (nSPS) is 11.6. The third kappa shape index (κ3) is 2.19. The van der Waals surface area contributed by atoms with Gasteiger partial charge in [-0.2, -0.15) is 13.2 Å². The van der Waals surface area contributed by atoms with E-state index in [4.69, 9.17) is 0 Å². The maximum atomic E-state index is 12.5. The molecule has 0 unspecified atom stereocenters. The molecular weight excluding hydrogens is 191 g/mol. The lowest BCUT2D eigenvalue weighted by molar-refractivity contribution is -0.138. The molecule has 1 aromatic rings. The Morgan fingerprint density at radius 1 is 1.14 bits per heavy atom. The number of rotatable bonds is 1. The molecule has 0 atom stereocenters. The lowest BCUT2D eigenvalue weighted by Crippen LogP contribution is -2.12. The van der Waals surface area contributed by atoms with Gasteiger partial charge in [0, 0.05) is 19.8 Å². The van der Waals surface area contributed by atoms with Crippen LogP contribution in [0.4, 0.5) is 18.9 Å². The van der Waals surface area contributed by atoms with E-state index in [9.17, 15) is 13.2 Å². The summed E-state index contributed by atoms with van der Waals surface area (Å²) in [6.07, 6.45) is -4.27. The molecule has 78 valence electrons. The molecular formula is C10H12F3N. The first-order chi connectivity index (χ1) is 6.32. The minimum atomic E-state index is -4.27. The topological polar surface area (TPSA) is 3.24 Å². The Bertz CT molecular complexity index is 329. The fourth-order valence-corrected chi connectivity index (χ4v) is 1.19. The monoisotopic (exact) mass is 203 g/mol. The van der Waals surface area contributed by atoms with Gasteiger partial charge in [0.05, 0.1) is 5.56 Å². The smallest absolute Gasteiger partial charge is 0.378 e. The van der Waals surface area contributed by atoms with E-state index in [1.165, 1.54) is 13.0 Å². The van der Waals surface area contributed by atoms with Crippen LogP contribution in [0.5, 0.6) is 0 Å². The first-order valence-electron chi connectivity index (χ1n) is 4.17. The second kappa shape index (κ2) is 3.52. The first kappa shape index (κ1) is 10.9. The zero-order chi connectivity index (χ0) is 10.9. The standard InChI is InChI=1S/C10H12F3N/c1-7-4-5-8(14(2)3)6-9(7)10(11,12)13/h4-6H,1-3H3. The largest absolute Gasteiger partial charge is 0.416 e. The molecule has 14 heavy (non-hydrogen) atoms. The minimum absolute atomic E-state index is 0.253. The van der Waals surface area contributed by atoms with Crippen molar-refractivity contribution in [1.29, 1.82) is 0 Å². The summed E-state index contributed by atoms with van der Waals surface area (Å²) in [7, 11) is 3.43. The zero-order valence-electron chi connectivity index (χ0n) is 8.31. The summed E-state index contributed by atoms with van der Waals surface area (Å²) in [5.74, 6) is 0. The van der Waals surface area contributed by atoms with Crippen LogP contribution in [-0.4, -0.2) is 14.1 Å². The van der Waals surface area contributed by atoms with Gasteiger partial charge in [0.25, 0.3) is 0 Å². The van der Waals surface area contributed by atoms with Gasteiger partial charge >= 0.3 is 6.18 Å². The van der Waals surface area contributed by atoms with E-state index in [2.05, 4.69) is 0 Å². The maximum Gasteiger partial charge on any atom is 0.416 e. The van der Waals surface area contributed by atoms with Crippen LogP contribution in [0, 0.1) is 6.92 Å². The maximum absolute atomic E-state index is 12.5. The molecule has 0 N–H and O–H groups in total. The Balaban J connectivity index is 3.22. The Morgan fingerprint density at radius 2 is 1.71 bits per heavy atom. The molecule has 0 saturated carbocycles. The van der Waals surface area contributed by atoms with Gasteiger partial charge in [-0.15, -0.1) is 0 Å². The number of benzene rings is 1. The van der Waals surface area contributed by atoms with Gasteiger partial charge in [-0.1, -0.05) is 6.07 Å². The van der Waals surface area contributed by atoms with Crippen molar-refractivity contribution in [3.05, 3.63) is 29.3 Å². The molecule has 0 radical (unpaired) electrons. The molecule has 0 amide bonds. The third-order valence-electron chi connectivity index (χ3n) is 2.04. The van der Waals surface area contributed by atoms with E-state index in [1.807, 2.05) is 0 Å². The Kier molecular flexibility index (Phi) is 2.73. The average Bonchev–Trinajstić information content (AvgIpc) is 2.02. The number of halogens is 3. The van der Waals surface area contributed by atoms with Gasteiger partial charge in [0.15, 0.2) is 0 Å². The molecule has 0 aliphatic rings. The van der Waals surface area contributed by atoms with Crippen molar-refractivity contribution in [3.8, 4) is 0 Å². The number of alkyl halides is 3. The highest BCUT2D eigenvalue weighted by molar-refractivity contribution is 5.50. The van der Waals surface area contributed by atoms with E-state index >= 15 is 0 Å². The van der Waals surface area contributed by atoms with Gasteiger partial charge in [0.1, 0.15) is 0 Å². The fraction of sp³-hybridized carbons (Fsp3) is 0.400. The zero-order valence-corrected chi connectivity index (χ0v) is 8.31. The molecule has 0 aliphatic heterocycles. The average molecular weight is 203 g/mol. The molecule has 4 heteroatoms. The Hall–Kier alpha value is -1.19.